The smallest absolute Gasteiger partial charge is 0.100 e. The van der Waals surface area contributed by atoms with Crippen LogP contribution >= 0.6 is 0 Å². The predicted molar refractivity (Wildman–Crippen MR) is 106 cm³/mol. The number of nitrogens with one attached hydrogen (secondary N) is 2. The van der Waals surface area contributed by atoms with Crippen molar-refractivity contribution >= 4 is 11.0 Å². The van der Waals surface area contributed by atoms with Gasteiger partial charge in [0.1, 0.15) is 6.33 Å². The molecule has 1 saturated heterocycles. The number of imidazole rings is 1. The molecular formula is C22H26N4. The number of rotatable bonds is 4. The normalized spacial score (nSPS) is 22.6. The quantitative estimate of drug-likeness (QED) is 0.755. The summed E-state index contributed by atoms with van der Waals surface area (Å²) in [5.74, 6) is 0. The molecule has 1 aliphatic heterocycles. The molecule has 5 rings (SSSR count). The van der Waals surface area contributed by atoms with Crippen molar-refractivity contribution in [3.63, 3.8) is 0 Å². The summed E-state index contributed by atoms with van der Waals surface area (Å²) in [4.78, 5) is 4.49. The SMILES string of the molecule is CC(NC1CC12CCNCC2)c1ccc(-n2cnc3ccccc32)cc1. The number of fused-ring (bicyclic) bond motifs is 1. The summed E-state index contributed by atoms with van der Waals surface area (Å²) in [6, 6.07) is 18.3. The second-order valence-corrected chi connectivity index (χ2v) is 7.95. The van der Waals surface area contributed by atoms with Gasteiger partial charge in [0.2, 0.25) is 0 Å². The lowest BCUT2D eigenvalue weighted by Crippen LogP contribution is -2.34. The molecule has 1 saturated carbocycles. The van der Waals surface area contributed by atoms with Crippen LogP contribution in [0.25, 0.3) is 16.7 Å². The van der Waals surface area contributed by atoms with Gasteiger partial charge in [-0.3, -0.25) is 4.57 Å². The summed E-state index contributed by atoms with van der Waals surface area (Å²) in [7, 11) is 0. The number of para-hydroxylation sites is 2. The molecule has 0 radical (unpaired) electrons. The minimum absolute atomic E-state index is 0.392. The number of hydrogen-bond acceptors (Lipinski definition) is 3. The minimum atomic E-state index is 0.392. The van der Waals surface area contributed by atoms with Gasteiger partial charge in [0.25, 0.3) is 0 Å². The molecule has 2 atom stereocenters. The van der Waals surface area contributed by atoms with Crippen molar-refractivity contribution in [2.45, 2.75) is 38.3 Å². The average molecular weight is 346 g/mol. The van der Waals surface area contributed by atoms with Crippen LogP contribution in [-0.4, -0.2) is 28.7 Å². The first-order valence-electron chi connectivity index (χ1n) is 9.74. The van der Waals surface area contributed by atoms with Gasteiger partial charge in [-0.1, -0.05) is 24.3 Å². The van der Waals surface area contributed by atoms with E-state index in [9.17, 15) is 0 Å². The first kappa shape index (κ1) is 16.0. The maximum atomic E-state index is 4.49. The summed E-state index contributed by atoms with van der Waals surface area (Å²) < 4.78 is 2.15. The van der Waals surface area contributed by atoms with E-state index in [0.717, 1.165) is 16.7 Å². The summed E-state index contributed by atoms with van der Waals surface area (Å²) in [5, 5.41) is 7.35. The van der Waals surface area contributed by atoms with Gasteiger partial charge in [-0.05, 0) is 74.5 Å². The fraction of sp³-hybridized carbons (Fsp3) is 0.409. The first-order valence-corrected chi connectivity index (χ1v) is 9.74. The summed E-state index contributed by atoms with van der Waals surface area (Å²) >= 11 is 0. The highest BCUT2D eigenvalue weighted by Crippen LogP contribution is 2.53. The number of benzene rings is 2. The molecule has 2 heterocycles. The fourth-order valence-corrected chi connectivity index (χ4v) is 4.55. The Morgan fingerprint density at radius 2 is 1.88 bits per heavy atom. The maximum Gasteiger partial charge on any atom is 0.100 e. The number of nitrogens with zero attached hydrogens (tertiary/aromatic N) is 2. The van der Waals surface area contributed by atoms with Gasteiger partial charge in [-0.2, -0.15) is 0 Å². The van der Waals surface area contributed by atoms with Crippen LogP contribution in [0.3, 0.4) is 0 Å². The monoisotopic (exact) mass is 346 g/mol. The van der Waals surface area contributed by atoms with E-state index in [1.807, 2.05) is 12.4 Å². The van der Waals surface area contributed by atoms with Crippen LogP contribution in [0, 0.1) is 5.41 Å². The summed E-state index contributed by atoms with van der Waals surface area (Å²) in [6.45, 7) is 4.65. The highest BCUT2D eigenvalue weighted by Gasteiger charge is 2.53. The molecule has 4 heteroatoms. The Bertz CT molecular complexity index is 905. The number of hydrogen-bond donors (Lipinski definition) is 2. The molecule has 1 aliphatic carbocycles. The van der Waals surface area contributed by atoms with Crippen molar-refractivity contribution in [3.8, 4) is 5.69 Å². The zero-order chi connectivity index (χ0) is 17.6. The van der Waals surface area contributed by atoms with Gasteiger partial charge in [0, 0.05) is 17.8 Å². The van der Waals surface area contributed by atoms with Crippen LogP contribution in [0.4, 0.5) is 0 Å². The van der Waals surface area contributed by atoms with Crippen molar-refractivity contribution in [1.29, 1.82) is 0 Å². The second kappa shape index (κ2) is 6.22. The van der Waals surface area contributed by atoms with Gasteiger partial charge in [-0.15, -0.1) is 0 Å². The van der Waals surface area contributed by atoms with Crippen LogP contribution in [0.1, 0.15) is 37.8 Å². The van der Waals surface area contributed by atoms with Crippen molar-refractivity contribution in [3.05, 3.63) is 60.4 Å². The molecule has 26 heavy (non-hydrogen) atoms. The molecule has 1 spiro atoms. The lowest BCUT2D eigenvalue weighted by Gasteiger charge is -2.25. The molecule has 4 nitrogen and oxygen atoms in total. The van der Waals surface area contributed by atoms with E-state index in [0.29, 0.717) is 17.5 Å². The minimum Gasteiger partial charge on any atom is -0.317 e. The number of aromatic nitrogens is 2. The number of piperidine rings is 1. The highest BCUT2D eigenvalue weighted by molar-refractivity contribution is 5.77. The maximum absolute atomic E-state index is 4.49. The third-order valence-electron chi connectivity index (χ3n) is 6.37. The molecule has 2 fully saturated rings. The Morgan fingerprint density at radius 3 is 2.69 bits per heavy atom. The van der Waals surface area contributed by atoms with E-state index in [2.05, 4.69) is 69.6 Å². The van der Waals surface area contributed by atoms with E-state index in [-0.39, 0.29) is 0 Å². The van der Waals surface area contributed by atoms with Gasteiger partial charge in [0.05, 0.1) is 11.0 Å². The van der Waals surface area contributed by atoms with Gasteiger partial charge < -0.3 is 10.6 Å². The summed E-state index contributed by atoms with van der Waals surface area (Å²) in [6.07, 6.45) is 5.90. The van der Waals surface area contributed by atoms with Crippen molar-refractivity contribution in [2.75, 3.05) is 13.1 Å². The van der Waals surface area contributed by atoms with E-state index < -0.39 is 0 Å². The van der Waals surface area contributed by atoms with Crippen LogP contribution in [0.15, 0.2) is 54.9 Å². The topological polar surface area (TPSA) is 41.9 Å². The van der Waals surface area contributed by atoms with Crippen LogP contribution in [0.5, 0.6) is 0 Å². The Morgan fingerprint density at radius 1 is 1.12 bits per heavy atom. The predicted octanol–water partition coefficient (Wildman–Crippen LogP) is 3.82. The highest BCUT2D eigenvalue weighted by atomic mass is 15.1. The molecule has 0 amide bonds. The Hall–Kier alpha value is -2.17. The van der Waals surface area contributed by atoms with Crippen LogP contribution in [-0.2, 0) is 0 Å². The lowest BCUT2D eigenvalue weighted by atomic mass is 9.93. The summed E-state index contributed by atoms with van der Waals surface area (Å²) in [5.41, 5.74) is 5.28. The molecule has 1 aromatic heterocycles. The second-order valence-electron chi connectivity index (χ2n) is 7.95. The standard InChI is InChI=1S/C22H26N4/c1-16(25-21-14-22(21)10-12-23-13-11-22)17-6-8-18(9-7-17)26-15-24-19-4-2-3-5-20(19)26/h2-9,15-16,21,23,25H,10-14H2,1H3. The molecule has 2 aliphatic rings. The van der Waals surface area contributed by atoms with Crippen LogP contribution in [0.2, 0.25) is 0 Å². The third kappa shape index (κ3) is 2.74. The van der Waals surface area contributed by atoms with Gasteiger partial charge in [-0.25, -0.2) is 4.98 Å². The van der Waals surface area contributed by atoms with Gasteiger partial charge in [0.15, 0.2) is 0 Å². The van der Waals surface area contributed by atoms with Crippen LogP contribution < -0.4 is 10.6 Å². The molecule has 134 valence electrons. The molecular weight excluding hydrogens is 320 g/mol. The molecule has 3 aromatic rings. The van der Waals surface area contributed by atoms with Crippen molar-refractivity contribution < 1.29 is 0 Å². The molecule has 2 N–H and O–H groups in total. The Labute approximate surface area is 154 Å². The Kier molecular flexibility index (Phi) is 3.84. The molecule has 0 bridgehead atoms. The zero-order valence-electron chi connectivity index (χ0n) is 15.3. The van der Waals surface area contributed by atoms with E-state index in [4.69, 9.17) is 0 Å². The van der Waals surface area contributed by atoms with Crippen molar-refractivity contribution in [2.24, 2.45) is 5.41 Å². The van der Waals surface area contributed by atoms with E-state index in [1.165, 1.54) is 37.9 Å². The van der Waals surface area contributed by atoms with Crippen molar-refractivity contribution in [1.82, 2.24) is 20.2 Å². The third-order valence-corrected chi connectivity index (χ3v) is 6.37. The lowest BCUT2D eigenvalue weighted by molar-refractivity contribution is 0.321. The average Bonchev–Trinajstić information content (AvgIpc) is 3.15. The fourth-order valence-electron chi connectivity index (χ4n) is 4.55. The molecule has 2 unspecified atom stereocenters. The van der Waals surface area contributed by atoms with E-state index in [1.54, 1.807) is 0 Å². The van der Waals surface area contributed by atoms with E-state index >= 15 is 0 Å². The zero-order valence-corrected chi connectivity index (χ0v) is 15.3. The van der Waals surface area contributed by atoms with Gasteiger partial charge >= 0.3 is 0 Å². The molecule has 2 aromatic carbocycles. The largest absolute Gasteiger partial charge is 0.317 e. The Balaban J connectivity index is 1.30. The first-order chi connectivity index (χ1) is 12.8.